The van der Waals surface area contributed by atoms with E-state index < -0.39 is 0 Å². The van der Waals surface area contributed by atoms with Gasteiger partial charge in [-0.3, -0.25) is 4.98 Å². The van der Waals surface area contributed by atoms with E-state index in [9.17, 15) is 5.26 Å². The van der Waals surface area contributed by atoms with Gasteiger partial charge in [-0.05, 0) is 47.8 Å². The molecule has 0 unspecified atom stereocenters. The van der Waals surface area contributed by atoms with Gasteiger partial charge < -0.3 is 5.73 Å². The number of halogens is 1. The topological polar surface area (TPSA) is 80.5 Å². The summed E-state index contributed by atoms with van der Waals surface area (Å²) in [5.41, 5.74) is 7.63. The summed E-state index contributed by atoms with van der Waals surface area (Å²) in [6.07, 6.45) is 3.76. The van der Waals surface area contributed by atoms with Crippen molar-refractivity contribution in [1.29, 1.82) is 5.26 Å². The molecule has 3 rings (SSSR count). The first kappa shape index (κ1) is 12.2. The highest BCUT2D eigenvalue weighted by atomic mass is 79.9. The van der Waals surface area contributed by atoms with E-state index in [1.165, 1.54) is 0 Å². The van der Waals surface area contributed by atoms with Crippen molar-refractivity contribution in [2.45, 2.75) is 25.3 Å². The van der Waals surface area contributed by atoms with E-state index in [0.717, 1.165) is 17.3 Å². The van der Waals surface area contributed by atoms with Crippen molar-refractivity contribution in [2.75, 3.05) is 5.73 Å². The summed E-state index contributed by atoms with van der Waals surface area (Å²) in [6, 6.07) is 5.84. The van der Waals surface area contributed by atoms with Crippen LogP contribution in [0.25, 0.3) is 11.4 Å². The van der Waals surface area contributed by atoms with Crippen LogP contribution in [0, 0.1) is 11.3 Å². The molecule has 0 amide bonds. The first-order valence-corrected chi connectivity index (χ1v) is 6.75. The number of aromatic nitrogens is 3. The van der Waals surface area contributed by atoms with Crippen molar-refractivity contribution in [1.82, 2.24) is 14.8 Å². The van der Waals surface area contributed by atoms with Gasteiger partial charge in [0.2, 0.25) is 0 Å². The minimum absolute atomic E-state index is 0.0384. The Balaban J connectivity index is 2.16. The Bertz CT molecular complexity index is 676. The molecule has 0 radical (unpaired) electrons. The van der Waals surface area contributed by atoms with E-state index in [1.807, 2.05) is 12.1 Å². The second kappa shape index (κ2) is 4.07. The molecule has 0 aromatic carbocycles. The number of pyridine rings is 1. The predicted octanol–water partition coefficient (Wildman–Crippen LogP) is 2.67. The zero-order valence-corrected chi connectivity index (χ0v) is 12.0. The number of nitrogens with two attached hydrogens (primary N) is 1. The molecule has 1 aliphatic rings. The summed E-state index contributed by atoms with van der Waals surface area (Å²) in [4.78, 5) is 4.28. The normalized spacial score (nSPS) is 16.1. The van der Waals surface area contributed by atoms with Gasteiger partial charge >= 0.3 is 0 Å². The molecule has 2 N–H and O–H groups in total. The van der Waals surface area contributed by atoms with Crippen molar-refractivity contribution < 1.29 is 0 Å². The SMILES string of the molecule is CC1(n2nc(-c3ccc(Br)cn3)c(C#N)c2N)CC1. The quantitative estimate of drug-likeness (QED) is 0.923. The van der Waals surface area contributed by atoms with Crippen LogP contribution in [0.2, 0.25) is 0 Å². The van der Waals surface area contributed by atoms with Gasteiger partial charge in [-0.2, -0.15) is 10.4 Å². The Morgan fingerprint density at radius 3 is 2.74 bits per heavy atom. The van der Waals surface area contributed by atoms with Crippen molar-refractivity contribution in [3.8, 4) is 17.5 Å². The van der Waals surface area contributed by atoms with Crippen LogP contribution in [0.5, 0.6) is 0 Å². The number of nitrogen functional groups attached to an aromatic ring is 1. The van der Waals surface area contributed by atoms with Crippen LogP contribution < -0.4 is 5.73 Å². The third-order valence-corrected chi connectivity index (χ3v) is 3.96. The Hall–Kier alpha value is -1.87. The molecule has 1 aliphatic carbocycles. The van der Waals surface area contributed by atoms with E-state index in [0.29, 0.717) is 22.8 Å². The maximum atomic E-state index is 9.29. The van der Waals surface area contributed by atoms with Crippen LogP contribution >= 0.6 is 15.9 Å². The van der Waals surface area contributed by atoms with Crippen molar-refractivity contribution >= 4 is 21.7 Å². The fraction of sp³-hybridized carbons (Fsp3) is 0.308. The van der Waals surface area contributed by atoms with E-state index in [-0.39, 0.29) is 5.54 Å². The molecule has 0 aliphatic heterocycles. The minimum atomic E-state index is -0.0384. The number of hydrogen-bond donors (Lipinski definition) is 1. The van der Waals surface area contributed by atoms with Gasteiger partial charge in [0.25, 0.3) is 0 Å². The standard InChI is InChI=1S/C13H12BrN5/c1-13(4-5-13)19-12(16)9(6-15)11(18-19)10-3-2-8(14)7-17-10/h2-3,7H,4-5,16H2,1H3. The van der Waals surface area contributed by atoms with Crippen LogP contribution in [0.4, 0.5) is 5.82 Å². The number of nitrogens with zero attached hydrogens (tertiary/aromatic N) is 4. The average Bonchev–Trinajstić information content (AvgIpc) is 3.04. The third-order valence-electron chi connectivity index (χ3n) is 3.49. The predicted molar refractivity (Wildman–Crippen MR) is 75.2 cm³/mol. The van der Waals surface area contributed by atoms with Gasteiger partial charge in [0.05, 0.1) is 11.2 Å². The molecule has 5 nitrogen and oxygen atoms in total. The molecule has 2 heterocycles. The van der Waals surface area contributed by atoms with Gasteiger partial charge in [-0.15, -0.1) is 0 Å². The Morgan fingerprint density at radius 1 is 1.47 bits per heavy atom. The van der Waals surface area contributed by atoms with Gasteiger partial charge in [-0.1, -0.05) is 0 Å². The lowest BCUT2D eigenvalue weighted by Gasteiger charge is -2.10. The van der Waals surface area contributed by atoms with E-state index in [1.54, 1.807) is 10.9 Å². The lowest BCUT2D eigenvalue weighted by Crippen LogP contribution is -2.16. The van der Waals surface area contributed by atoms with Gasteiger partial charge in [0, 0.05) is 10.7 Å². The molecule has 19 heavy (non-hydrogen) atoms. The van der Waals surface area contributed by atoms with Crippen LogP contribution in [0.15, 0.2) is 22.8 Å². The molecular formula is C13H12BrN5. The van der Waals surface area contributed by atoms with Crippen LogP contribution in [-0.2, 0) is 5.54 Å². The lowest BCUT2D eigenvalue weighted by atomic mass is 10.2. The Labute approximate surface area is 119 Å². The molecule has 2 aromatic heterocycles. The summed E-state index contributed by atoms with van der Waals surface area (Å²) >= 11 is 3.34. The summed E-state index contributed by atoms with van der Waals surface area (Å²) in [5.74, 6) is 0.433. The molecular weight excluding hydrogens is 306 g/mol. The fourth-order valence-electron chi connectivity index (χ4n) is 2.04. The highest BCUT2D eigenvalue weighted by Crippen LogP contribution is 2.45. The second-order valence-corrected chi connectivity index (χ2v) is 5.91. The highest BCUT2D eigenvalue weighted by Gasteiger charge is 2.42. The van der Waals surface area contributed by atoms with Crippen LogP contribution in [-0.4, -0.2) is 14.8 Å². The van der Waals surface area contributed by atoms with Gasteiger partial charge in [0.15, 0.2) is 0 Å². The number of hydrogen-bond acceptors (Lipinski definition) is 4. The third kappa shape index (κ3) is 1.90. The lowest BCUT2D eigenvalue weighted by molar-refractivity contribution is 0.481. The molecule has 1 fully saturated rings. The summed E-state index contributed by atoms with van der Waals surface area (Å²) in [6.45, 7) is 2.09. The molecule has 0 spiro atoms. The largest absolute Gasteiger partial charge is 0.383 e. The summed E-state index contributed by atoms with van der Waals surface area (Å²) < 4.78 is 2.65. The van der Waals surface area contributed by atoms with Gasteiger partial charge in [-0.25, -0.2) is 4.68 Å². The van der Waals surface area contributed by atoms with Gasteiger partial charge in [0.1, 0.15) is 23.1 Å². The van der Waals surface area contributed by atoms with E-state index in [2.05, 4.69) is 39.0 Å². The highest BCUT2D eigenvalue weighted by molar-refractivity contribution is 9.10. The van der Waals surface area contributed by atoms with Crippen LogP contribution in [0.1, 0.15) is 25.3 Å². The molecule has 2 aromatic rings. The van der Waals surface area contributed by atoms with Crippen molar-refractivity contribution in [3.63, 3.8) is 0 Å². The molecule has 6 heteroatoms. The molecule has 0 atom stereocenters. The maximum Gasteiger partial charge on any atom is 0.141 e. The summed E-state index contributed by atoms with van der Waals surface area (Å²) in [7, 11) is 0. The second-order valence-electron chi connectivity index (χ2n) is 4.99. The number of nitriles is 1. The summed E-state index contributed by atoms with van der Waals surface area (Å²) in [5, 5.41) is 13.8. The average molecular weight is 318 g/mol. The van der Waals surface area contributed by atoms with Crippen molar-refractivity contribution in [3.05, 3.63) is 28.4 Å². The Morgan fingerprint density at radius 2 is 2.21 bits per heavy atom. The number of anilines is 1. The minimum Gasteiger partial charge on any atom is -0.383 e. The van der Waals surface area contributed by atoms with Crippen LogP contribution in [0.3, 0.4) is 0 Å². The number of rotatable bonds is 2. The van der Waals surface area contributed by atoms with Crippen molar-refractivity contribution in [2.24, 2.45) is 0 Å². The smallest absolute Gasteiger partial charge is 0.141 e. The zero-order chi connectivity index (χ0) is 13.6. The van der Waals surface area contributed by atoms with E-state index >= 15 is 0 Å². The molecule has 1 saturated carbocycles. The van der Waals surface area contributed by atoms with E-state index in [4.69, 9.17) is 5.73 Å². The fourth-order valence-corrected chi connectivity index (χ4v) is 2.28. The first-order chi connectivity index (χ1) is 9.05. The zero-order valence-electron chi connectivity index (χ0n) is 10.4. The first-order valence-electron chi connectivity index (χ1n) is 5.96. The molecule has 0 bridgehead atoms. The monoisotopic (exact) mass is 317 g/mol. The Kier molecular flexibility index (Phi) is 2.61. The molecule has 96 valence electrons. The maximum absolute atomic E-state index is 9.29. The molecule has 0 saturated heterocycles.